The monoisotopic (exact) mass is 308 g/mol. The number of amides is 1. The number of aliphatic hydroxyl groups excluding tert-OH is 1. The van der Waals surface area contributed by atoms with Crippen molar-refractivity contribution < 1.29 is 23.1 Å². The summed E-state index contributed by atoms with van der Waals surface area (Å²) < 4.78 is 29.5. The van der Waals surface area contributed by atoms with Gasteiger partial charge in [-0.1, -0.05) is 6.42 Å². The van der Waals surface area contributed by atoms with Crippen LogP contribution in [0.5, 0.6) is 0 Å². The van der Waals surface area contributed by atoms with Crippen LogP contribution in [0.4, 0.5) is 0 Å². The Morgan fingerprint density at radius 2 is 2.15 bits per heavy atom. The van der Waals surface area contributed by atoms with Crippen molar-refractivity contribution in [2.45, 2.75) is 31.4 Å². The first-order valence-electron chi connectivity index (χ1n) is 6.66. The van der Waals surface area contributed by atoms with Gasteiger partial charge >= 0.3 is 0 Å². The highest BCUT2D eigenvalue weighted by Crippen LogP contribution is 2.21. The van der Waals surface area contributed by atoms with E-state index in [0.717, 1.165) is 19.1 Å². The second kappa shape index (κ2) is 7.35. The summed E-state index contributed by atoms with van der Waals surface area (Å²) in [5.74, 6) is -0.273. The number of sulfonamides is 1. The minimum atomic E-state index is -3.39. The van der Waals surface area contributed by atoms with Crippen LogP contribution in [0.25, 0.3) is 0 Å². The van der Waals surface area contributed by atoms with Crippen molar-refractivity contribution in [3.63, 3.8) is 0 Å². The third-order valence-corrected chi connectivity index (χ3v) is 4.67. The summed E-state index contributed by atoms with van der Waals surface area (Å²) in [7, 11) is -0.358. The Labute approximate surface area is 120 Å². The number of piperidine rings is 1. The lowest BCUT2D eigenvalue weighted by molar-refractivity contribution is -0.136. The van der Waals surface area contributed by atoms with Crippen molar-refractivity contribution >= 4 is 15.9 Å². The molecule has 7 nitrogen and oxygen atoms in total. The molecule has 1 amide bonds. The number of carbonyl (C=O) groups is 1. The van der Waals surface area contributed by atoms with E-state index >= 15 is 0 Å². The van der Waals surface area contributed by atoms with Gasteiger partial charge in [0.25, 0.3) is 0 Å². The molecule has 2 unspecified atom stereocenters. The van der Waals surface area contributed by atoms with Crippen LogP contribution in [0.1, 0.15) is 19.3 Å². The molecule has 1 aliphatic rings. The molecule has 1 rings (SSSR count). The van der Waals surface area contributed by atoms with E-state index in [1.54, 1.807) is 7.05 Å². The van der Waals surface area contributed by atoms with Gasteiger partial charge in [0, 0.05) is 27.2 Å². The van der Waals surface area contributed by atoms with Crippen molar-refractivity contribution in [2.75, 3.05) is 40.1 Å². The highest BCUT2D eigenvalue weighted by atomic mass is 32.2. The third-order valence-electron chi connectivity index (χ3n) is 3.38. The number of likely N-dealkylation sites (N-methyl/N-ethyl adjacent to an activating group) is 1. The molecular formula is C12H24N2O5S. The molecular weight excluding hydrogens is 284 g/mol. The lowest BCUT2D eigenvalue weighted by Crippen LogP contribution is -2.53. The van der Waals surface area contributed by atoms with Crippen molar-refractivity contribution in [1.82, 2.24) is 9.21 Å². The molecule has 1 saturated heterocycles. The number of rotatable bonds is 6. The SMILES string of the molecule is COCC(O)CN(C)C(=O)C1CCCCN1S(C)(=O)=O. The van der Waals surface area contributed by atoms with E-state index < -0.39 is 22.2 Å². The summed E-state index contributed by atoms with van der Waals surface area (Å²) in [5, 5.41) is 9.64. The Balaban J connectivity index is 2.72. The van der Waals surface area contributed by atoms with E-state index in [4.69, 9.17) is 4.74 Å². The van der Waals surface area contributed by atoms with Crippen molar-refractivity contribution in [3.05, 3.63) is 0 Å². The van der Waals surface area contributed by atoms with E-state index in [-0.39, 0.29) is 19.1 Å². The summed E-state index contributed by atoms with van der Waals surface area (Å²) >= 11 is 0. The number of nitrogens with zero attached hydrogens (tertiary/aromatic N) is 2. The zero-order chi connectivity index (χ0) is 15.3. The minimum Gasteiger partial charge on any atom is -0.389 e. The normalized spacial score (nSPS) is 22.5. The van der Waals surface area contributed by atoms with Crippen molar-refractivity contribution in [2.24, 2.45) is 0 Å². The van der Waals surface area contributed by atoms with Gasteiger partial charge in [0.2, 0.25) is 15.9 Å². The fourth-order valence-corrected chi connectivity index (χ4v) is 3.57. The summed E-state index contributed by atoms with van der Waals surface area (Å²) in [6, 6.07) is -0.654. The van der Waals surface area contributed by atoms with Crippen LogP contribution in [0.15, 0.2) is 0 Å². The Kier molecular flexibility index (Phi) is 6.38. The van der Waals surface area contributed by atoms with E-state index in [9.17, 15) is 18.3 Å². The molecule has 0 aromatic carbocycles. The van der Waals surface area contributed by atoms with Crippen LogP contribution in [0, 0.1) is 0 Å². The second-order valence-electron chi connectivity index (χ2n) is 5.21. The predicted molar refractivity (Wildman–Crippen MR) is 74.7 cm³/mol. The van der Waals surface area contributed by atoms with E-state index in [1.165, 1.54) is 16.3 Å². The van der Waals surface area contributed by atoms with Gasteiger partial charge in [-0.3, -0.25) is 4.79 Å². The molecule has 0 saturated carbocycles. The Morgan fingerprint density at radius 1 is 1.50 bits per heavy atom. The van der Waals surface area contributed by atoms with Crippen LogP contribution < -0.4 is 0 Å². The first-order chi connectivity index (χ1) is 9.27. The van der Waals surface area contributed by atoms with Gasteiger partial charge in [-0.2, -0.15) is 4.31 Å². The number of hydrogen-bond acceptors (Lipinski definition) is 5. The molecule has 0 radical (unpaired) electrons. The largest absolute Gasteiger partial charge is 0.389 e. The van der Waals surface area contributed by atoms with E-state index in [0.29, 0.717) is 13.0 Å². The zero-order valence-electron chi connectivity index (χ0n) is 12.3. The molecule has 0 aromatic rings. The first-order valence-corrected chi connectivity index (χ1v) is 8.51. The summed E-state index contributed by atoms with van der Waals surface area (Å²) in [4.78, 5) is 13.7. The van der Waals surface area contributed by atoms with E-state index in [1.807, 2.05) is 0 Å². The maximum absolute atomic E-state index is 12.4. The molecule has 0 spiro atoms. The third kappa shape index (κ3) is 4.69. The topological polar surface area (TPSA) is 87.2 Å². The molecule has 1 heterocycles. The Morgan fingerprint density at radius 3 is 2.70 bits per heavy atom. The molecule has 0 aromatic heterocycles. The maximum atomic E-state index is 12.4. The van der Waals surface area contributed by atoms with Gasteiger partial charge < -0.3 is 14.7 Å². The van der Waals surface area contributed by atoms with Crippen LogP contribution in [-0.4, -0.2) is 80.9 Å². The molecule has 1 aliphatic heterocycles. The molecule has 2 atom stereocenters. The van der Waals surface area contributed by atoms with E-state index in [2.05, 4.69) is 0 Å². The van der Waals surface area contributed by atoms with Gasteiger partial charge in [-0.15, -0.1) is 0 Å². The smallest absolute Gasteiger partial charge is 0.240 e. The number of carbonyl (C=O) groups excluding carboxylic acids is 1. The fourth-order valence-electron chi connectivity index (χ4n) is 2.45. The van der Waals surface area contributed by atoms with Crippen molar-refractivity contribution in [1.29, 1.82) is 0 Å². The average Bonchev–Trinajstić information content (AvgIpc) is 2.37. The highest BCUT2D eigenvalue weighted by molar-refractivity contribution is 7.88. The van der Waals surface area contributed by atoms with Crippen molar-refractivity contribution in [3.8, 4) is 0 Å². The Bertz CT molecular complexity index is 426. The highest BCUT2D eigenvalue weighted by Gasteiger charge is 2.36. The predicted octanol–water partition coefficient (Wildman–Crippen LogP) is -0.734. The van der Waals surface area contributed by atoms with Crippen LogP contribution in [0.2, 0.25) is 0 Å². The second-order valence-corrected chi connectivity index (χ2v) is 7.15. The quantitative estimate of drug-likeness (QED) is 0.699. The molecule has 0 aliphatic carbocycles. The lowest BCUT2D eigenvalue weighted by atomic mass is 10.0. The Hall–Kier alpha value is -0.700. The maximum Gasteiger partial charge on any atom is 0.240 e. The number of hydrogen-bond donors (Lipinski definition) is 1. The lowest BCUT2D eigenvalue weighted by Gasteiger charge is -2.35. The molecule has 118 valence electrons. The van der Waals surface area contributed by atoms with Gasteiger partial charge in [0.1, 0.15) is 6.04 Å². The van der Waals surface area contributed by atoms with Crippen LogP contribution in [-0.2, 0) is 19.6 Å². The van der Waals surface area contributed by atoms with Gasteiger partial charge in [0.15, 0.2) is 0 Å². The molecule has 0 bridgehead atoms. The first kappa shape index (κ1) is 17.4. The number of methoxy groups -OCH3 is 1. The molecule has 1 fully saturated rings. The van der Waals surface area contributed by atoms with Gasteiger partial charge in [-0.25, -0.2) is 8.42 Å². The number of ether oxygens (including phenoxy) is 1. The van der Waals surface area contributed by atoms with Gasteiger partial charge in [-0.05, 0) is 12.8 Å². The zero-order valence-corrected chi connectivity index (χ0v) is 13.1. The van der Waals surface area contributed by atoms with Crippen LogP contribution in [0.3, 0.4) is 0 Å². The summed E-state index contributed by atoms with van der Waals surface area (Å²) in [5.41, 5.74) is 0. The molecule has 8 heteroatoms. The molecule has 20 heavy (non-hydrogen) atoms. The fraction of sp³-hybridized carbons (Fsp3) is 0.917. The van der Waals surface area contributed by atoms with Gasteiger partial charge in [0.05, 0.1) is 19.0 Å². The number of aliphatic hydroxyl groups is 1. The minimum absolute atomic E-state index is 0.126. The van der Waals surface area contributed by atoms with Crippen LogP contribution >= 0.6 is 0 Å². The summed E-state index contributed by atoms with van der Waals surface area (Å²) in [6.07, 6.45) is 2.47. The average molecular weight is 308 g/mol. The standard InChI is InChI=1S/C12H24N2O5S/c1-13(8-10(15)9-19-2)12(16)11-6-4-5-7-14(11)20(3,17)18/h10-11,15H,4-9H2,1-3H3. The summed E-state index contributed by atoms with van der Waals surface area (Å²) in [6.45, 7) is 0.641. The molecule has 1 N–H and O–H groups in total.